The van der Waals surface area contributed by atoms with Crippen LogP contribution in [-0.4, -0.2) is 15.6 Å². The van der Waals surface area contributed by atoms with Crippen molar-refractivity contribution >= 4 is 11.5 Å². The van der Waals surface area contributed by atoms with Gasteiger partial charge in [-0.2, -0.15) is 5.10 Å². The molecular formula is C12H14N4. The van der Waals surface area contributed by atoms with Crippen molar-refractivity contribution in [2.45, 2.75) is 13.5 Å². The summed E-state index contributed by atoms with van der Waals surface area (Å²) >= 11 is 0. The maximum atomic E-state index is 5.50. The molecule has 0 aliphatic rings. The van der Waals surface area contributed by atoms with Crippen molar-refractivity contribution in [2.75, 3.05) is 0 Å². The number of nitrogens with zero attached hydrogens (tertiary/aromatic N) is 3. The third-order valence-electron chi connectivity index (χ3n) is 2.11. The number of benzene rings is 1. The number of rotatable bonds is 3. The Morgan fingerprint density at radius 3 is 2.81 bits per heavy atom. The maximum absolute atomic E-state index is 5.50. The second-order valence-electron chi connectivity index (χ2n) is 3.63. The summed E-state index contributed by atoms with van der Waals surface area (Å²) in [5, 5.41) is 4.22. The largest absolute Gasteiger partial charge is 0.387 e. The Labute approximate surface area is 94.4 Å². The molecule has 82 valence electrons. The first kappa shape index (κ1) is 10.4. The molecule has 0 fully saturated rings. The predicted octanol–water partition coefficient (Wildman–Crippen LogP) is 1.94. The normalized spacial score (nSPS) is 11.7. The molecule has 1 heterocycles. The van der Waals surface area contributed by atoms with Crippen molar-refractivity contribution in [3.63, 3.8) is 0 Å². The van der Waals surface area contributed by atoms with E-state index in [1.807, 2.05) is 29.1 Å². The number of aromatic nitrogens is 2. The van der Waals surface area contributed by atoms with E-state index in [-0.39, 0.29) is 0 Å². The van der Waals surface area contributed by atoms with Crippen LogP contribution in [0.25, 0.3) is 0 Å². The van der Waals surface area contributed by atoms with Crippen LogP contribution in [0, 0.1) is 0 Å². The molecule has 0 spiro atoms. The first-order chi connectivity index (χ1) is 7.74. The van der Waals surface area contributed by atoms with Gasteiger partial charge in [-0.3, -0.25) is 4.68 Å². The minimum Gasteiger partial charge on any atom is -0.387 e. The predicted molar refractivity (Wildman–Crippen MR) is 64.7 cm³/mol. The molecule has 1 aromatic heterocycles. The Bertz CT molecular complexity index is 481. The van der Waals surface area contributed by atoms with E-state index >= 15 is 0 Å². The Balaban J connectivity index is 2.12. The minimum atomic E-state index is 0.541. The minimum absolute atomic E-state index is 0.541. The van der Waals surface area contributed by atoms with Gasteiger partial charge in [0.05, 0.1) is 24.8 Å². The van der Waals surface area contributed by atoms with Gasteiger partial charge in [-0.25, -0.2) is 4.99 Å². The van der Waals surface area contributed by atoms with E-state index in [4.69, 9.17) is 5.73 Å². The van der Waals surface area contributed by atoms with Crippen LogP contribution in [0.15, 0.2) is 47.7 Å². The van der Waals surface area contributed by atoms with Gasteiger partial charge >= 0.3 is 0 Å². The molecule has 0 radical (unpaired) electrons. The van der Waals surface area contributed by atoms with Crippen molar-refractivity contribution in [2.24, 2.45) is 10.7 Å². The zero-order chi connectivity index (χ0) is 11.4. The van der Waals surface area contributed by atoms with Crippen LogP contribution in [0.4, 0.5) is 5.69 Å². The maximum Gasteiger partial charge on any atom is 0.103 e. The summed E-state index contributed by atoms with van der Waals surface area (Å²) in [6, 6.07) is 10.2. The fourth-order valence-corrected chi connectivity index (χ4v) is 1.47. The van der Waals surface area contributed by atoms with E-state index in [0.717, 1.165) is 12.2 Å². The Kier molecular flexibility index (Phi) is 3.00. The quantitative estimate of drug-likeness (QED) is 0.627. The molecule has 0 atom stereocenters. The molecule has 0 aliphatic carbocycles. The molecule has 2 aromatic rings. The van der Waals surface area contributed by atoms with Gasteiger partial charge in [0.1, 0.15) is 5.69 Å². The molecule has 2 rings (SSSR count). The van der Waals surface area contributed by atoms with Crippen LogP contribution >= 0.6 is 0 Å². The van der Waals surface area contributed by atoms with Crippen LogP contribution < -0.4 is 5.73 Å². The molecule has 0 bridgehead atoms. The number of hydrogen-bond donors (Lipinski definition) is 1. The van der Waals surface area contributed by atoms with E-state index in [1.54, 1.807) is 13.1 Å². The van der Waals surface area contributed by atoms with Crippen molar-refractivity contribution in [1.29, 1.82) is 0 Å². The second kappa shape index (κ2) is 4.61. The molecular weight excluding hydrogens is 200 g/mol. The highest BCUT2D eigenvalue weighted by Crippen LogP contribution is 2.10. The van der Waals surface area contributed by atoms with Gasteiger partial charge in [-0.15, -0.1) is 0 Å². The lowest BCUT2D eigenvalue weighted by Crippen LogP contribution is -2.03. The van der Waals surface area contributed by atoms with E-state index in [0.29, 0.717) is 5.84 Å². The summed E-state index contributed by atoms with van der Waals surface area (Å²) in [5.41, 5.74) is 7.50. The Morgan fingerprint density at radius 2 is 2.12 bits per heavy atom. The van der Waals surface area contributed by atoms with Crippen LogP contribution in [0.1, 0.15) is 12.5 Å². The van der Waals surface area contributed by atoms with E-state index in [2.05, 4.69) is 22.2 Å². The van der Waals surface area contributed by atoms with Gasteiger partial charge in [0.15, 0.2) is 0 Å². The SMILES string of the molecule is CC(N)=Nc1cnn(Cc2ccccc2)c1. The summed E-state index contributed by atoms with van der Waals surface area (Å²) in [6.07, 6.45) is 3.59. The van der Waals surface area contributed by atoms with Crippen LogP contribution in [-0.2, 0) is 6.54 Å². The molecule has 0 saturated heterocycles. The topological polar surface area (TPSA) is 56.2 Å². The fraction of sp³-hybridized carbons (Fsp3) is 0.167. The standard InChI is InChI=1S/C12H14N4/c1-10(13)15-12-7-14-16(9-12)8-11-5-3-2-4-6-11/h2-7,9H,8H2,1H3,(H2,13,15). The van der Waals surface area contributed by atoms with E-state index in [9.17, 15) is 0 Å². The highest BCUT2D eigenvalue weighted by Gasteiger charge is 1.98. The summed E-state index contributed by atoms with van der Waals surface area (Å²) in [5.74, 6) is 0.541. The van der Waals surface area contributed by atoms with Gasteiger partial charge in [0, 0.05) is 0 Å². The van der Waals surface area contributed by atoms with Crippen molar-refractivity contribution in [3.8, 4) is 0 Å². The van der Waals surface area contributed by atoms with Crippen LogP contribution in [0.2, 0.25) is 0 Å². The number of hydrogen-bond acceptors (Lipinski definition) is 2. The van der Waals surface area contributed by atoms with Crippen molar-refractivity contribution in [1.82, 2.24) is 9.78 Å². The van der Waals surface area contributed by atoms with E-state index in [1.165, 1.54) is 5.56 Å². The number of aliphatic imine (C=N–C) groups is 1. The van der Waals surface area contributed by atoms with Crippen molar-refractivity contribution in [3.05, 3.63) is 48.3 Å². The molecule has 0 aliphatic heterocycles. The zero-order valence-corrected chi connectivity index (χ0v) is 9.17. The monoisotopic (exact) mass is 214 g/mol. The lowest BCUT2D eigenvalue weighted by molar-refractivity contribution is 0.687. The Morgan fingerprint density at radius 1 is 1.38 bits per heavy atom. The van der Waals surface area contributed by atoms with Gasteiger partial charge < -0.3 is 5.73 Å². The van der Waals surface area contributed by atoms with Crippen LogP contribution in [0.5, 0.6) is 0 Å². The molecule has 16 heavy (non-hydrogen) atoms. The first-order valence-corrected chi connectivity index (χ1v) is 5.11. The molecule has 1 aromatic carbocycles. The summed E-state index contributed by atoms with van der Waals surface area (Å²) in [4.78, 5) is 4.13. The zero-order valence-electron chi connectivity index (χ0n) is 9.17. The van der Waals surface area contributed by atoms with Crippen LogP contribution in [0.3, 0.4) is 0 Å². The molecule has 0 saturated carbocycles. The third kappa shape index (κ3) is 2.70. The van der Waals surface area contributed by atoms with Gasteiger partial charge in [0.2, 0.25) is 0 Å². The number of amidine groups is 1. The average molecular weight is 214 g/mol. The Hall–Kier alpha value is -2.10. The molecule has 4 nitrogen and oxygen atoms in total. The van der Waals surface area contributed by atoms with Gasteiger partial charge in [-0.1, -0.05) is 30.3 Å². The highest BCUT2D eigenvalue weighted by molar-refractivity contribution is 5.80. The smallest absolute Gasteiger partial charge is 0.103 e. The lowest BCUT2D eigenvalue weighted by atomic mass is 10.2. The van der Waals surface area contributed by atoms with E-state index < -0.39 is 0 Å². The van der Waals surface area contributed by atoms with Gasteiger partial charge in [0.25, 0.3) is 0 Å². The highest BCUT2D eigenvalue weighted by atomic mass is 15.3. The third-order valence-corrected chi connectivity index (χ3v) is 2.11. The molecule has 2 N–H and O–H groups in total. The van der Waals surface area contributed by atoms with Crippen molar-refractivity contribution < 1.29 is 0 Å². The molecule has 4 heteroatoms. The fourth-order valence-electron chi connectivity index (χ4n) is 1.47. The summed E-state index contributed by atoms with van der Waals surface area (Å²) in [7, 11) is 0. The summed E-state index contributed by atoms with van der Waals surface area (Å²) < 4.78 is 1.84. The molecule has 0 amide bonds. The lowest BCUT2D eigenvalue weighted by Gasteiger charge is -2.00. The molecule has 0 unspecified atom stereocenters. The average Bonchev–Trinajstić information content (AvgIpc) is 2.66. The number of nitrogens with two attached hydrogens (primary N) is 1. The second-order valence-corrected chi connectivity index (χ2v) is 3.63. The van der Waals surface area contributed by atoms with Gasteiger partial charge in [-0.05, 0) is 12.5 Å². The summed E-state index contributed by atoms with van der Waals surface area (Å²) in [6.45, 7) is 2.51. The first-order valence-electron chi connectivity index (χ1n) is 5.11.